The van der Waals surface area contributed by atoms with Crippen LogP contribution in [0.5, 0.6) is 0 Å². The number of halogens is 3. The summed E-state index contributed by atoms with van der Waals surface area (Å²) in [6.07, 6.45) is 0. The second kappa shape index (κ2) is 8.52. The van der Waals surface area contributed by atoms with Gasteiger partial charge in [-0.25, -0.2) is 26.6 Å². The van der Waals surface area contributed by atoms with E-state index in [2.05, 4.69) is 9.97 Å². The molecule has 0 unspecified atom stereocenters. The van der Waals surface area contributed by atoms with Gasteiger partial charge in [0.15, 0.2) is 16.8 Å². The first-order valence-corrected chi connectivity index (χ1v) is 11.7. The Morgan fingerprint density at radius 3 is 2.35 bits per heavy atom. The average Bonchev–Trinajstić information content (AvgIpc) is 3.14. The van der Waals surface area contributed by atoms with E-state index in [1.807, 2.05) is 0 Å². The summed E-state index contributed by atoms with van der Waals surface area (Å²) in [5.74, 6) is -2.68. The van der Waals surface area contributed by atoms with Gasteiger partial charge in [0.25, 0.3) is 0 Å². The molecule has 1 N–H and O–H groups in total. The number of hydrogen-bond acceptors (Lipinski definition) is 5. The number of fused-ring (bicyclic) bond motifs is 1. The molecule has 0 radical (unpaired) electrons. The van der Waals surface area contributed by atoms with Gasteiger partial charge in [-0.3, -0.25) is 4.79 Å². The molecule has 164 valence electrons. The largest absolute Gasteiger partial charge is 0.339 e. The van der Waals surface area contributed by atoms with Crippen LogP contribution >= 0.6 is 11.8 Å². The molecule has 0 bridgehead atoms. The van der Waals surface area contributed by atoms with Crippen LogP contribution in [-0.2, 0) is 14.8 Å². The van der Waals surface area contributed by atoms with E-state index in [9.17, 15) is 26.4 Å². The molecule has 3 aromatic rings. The number of carbonyl (C=O) groups excluding carboxylic acids is 1. The highest BCUT2D eigenvalue weighted by Crippen LogP contribution is 2.23. The van der Waals surface area contributed by atoms with Crippen LogP contribution in [0.2, 0.25) is 0 Å². The molecule has 2 aromatic carbocycles. The van der Waals surface area contributed by atoms with Gasteiger partial charge in [-0.1, -0.05) is 11.8 Å². The summed E-state index contributed by atoms with van der Waals surface area (Å²) in [5, 5.41) is 0.353. The Bertz CT molecular complexity index is 1190. The molecule has 2 heterocycles. The fourth-order valence-electron chi connectivity index (χ4n) is 3.20. The second-order valence-electron chi connectivity index (χ2n) is 6.85. The molecule has 1 fully saturated rings. The van der Waals surface area contributed by atoms with Gasteiger partial charge in [-0.15, -0.1) is 0 Å². The van der Waals surface area contributed by atoms with Crippen molar-refractivity contribution in [1.82, 2.24) is 19.2 Å². The lowest BCUT2D eigenvalue weighted by molar-refractivity contribution is -0.129. The van der Waals surface area contributed by atoms with E-state index in [0.717, 1.165) is 36.0 Å². The third kappa shape index (κ3) is 4.55. The van der Waals surface area contributed by atoms with Crippen molar-refractivity contribution >= 4 is 38.7 Å². The fourth-order valence-corrected chi connectivity index (χ4v) is 5.41. The predicted octanol–water partition coefficient (Wildman–Crippen LogP) is 2.61. The molecule has 4 rings (SSSR count). The Balaban J connectivity index is 1.33. The molecule has 7 nitrogen and oxygen atoms in total. The molecule has 0 saturated carbocycles. The number of nitrogens with zero attached hydrogens (tertiary/aromatic N) is 3. The lowest BCUT2D eigenvalue weighted by atomic mass is 10.3. The van der Waals surface area contributed by atoms with Crippen LogP contribution in [0.15, 0.2) is 46.5 Å². The highest BCUT2D eigenvalue weighted by Gasteiger charge is 2.30. The number of amides is 1. The van der Waals surface area contributed by atoms with Crippen LogP contribution in [-0.4, -0.2) is 65.4 Å². The summed E-state index contributed by atoms with van der Waals surface area (Å²) in [6.45, 7) is 0.686. The van der Waals surface area contributed by atoms with Crippen LogP contribution in [0.25, 0.3) is 11.0 Å². The topological polar surface area (TPSA) is 86.4 Å². The molecule has 31 heavy (non-hydrogen) atoms. The summed E-state index contributed by atoms with van der Waals surface area (Å²) >= 11 is 1.09. The lowest BCUT2D eigenvalue weighted by Crippen LogP contribution is -2.50. The van der Waals surface area contributed by atoms with Crippen molar-refractivity contribution in [3.05, 3.63) is 53.8 Å². The number of aromatic nitrogens is 2. The van der Waals surface area contributed by atoms with Gasteiger partial charge in [-0.2, -0.15) is 4.31 Å². The van der Waals surface area contributed by atoms with Gasteiger partial charge in [0, 0.05) is 38.3 Å². The zero-order chi connectivity index (χ0) is 22.2. The summed E-state index contributed by atoms with van der Waals surface area (Å²) in [5.41, 5.74) is 0.585. The first-order valence-electron chi connectivity index (χ1n) is 9.25. The summed E-state index contributed by atoms with van der Waals surface area (Å²) in [7, 11) is -3.76. The average molecular weight is 470 g/mol. The Morgan fingerprint density at radius 2 is 1.68 bits per heavy atom. The van der Waals surface area contributed by atoms with Gasteiger partial charge in [-0.05, 0) is 24.3 Å². The molecule has 1 aromatic heterocycles. The molecule has 12 heteroatoms. The number of carbonyl (C=O) groups is 1. The maximum atomic E-state index is 13.3. The SMILES string of the molecule is O=C(CSc1nc2cc(F)c(F)cc2[nH]1)N1CCN(S(=O)(=O)c2ccc(F)cc2)CC1. The Hall–Kier alpha value is -2.57. The van der Waals surface area contributed by atoms with Crippen molar-refractivity contribution < 1.29 is 26.4 Å². The maximum Gasteiger partial charge on any atom is 0.243 e. The Kier molecular flexibility index (Phi) is 5.95. The number of thioether (sulfide) groups is 1. The van der Waals surface area contributed by atoms with E-state index in [-0.39, 0.29) is 48.3 Å². The summed E-state index contributed by atoms with van der Waals surface area (Å²) < 4.78 is 66.2. The monoisotopic (exact) mass is 470 g/mol. The summed E-state index contributed by atoms with van der Waals surface area (Å²) in [4.78, 5) is 21.0. The number of nitrogens with one attached hydrogen (secondary N) is 1. The number of H-pyrrole nitrogens is 1. The van der Waals surface area contributed by atoms with Crippen molar-refractivity contribution in [2.75, 3.05) is 31.9 Å². The molecule has 0 atom stereocenters. The van der Waals surface area contributed by atoms with Crippen LogP contribution in [0.3, 0.4) is 0 Å². The minimum absolute atomic E-state index is 0.00184. The first-order chi connectivity index (χ1) is 14.7. The third-order valence-electron chi connectivity index (χ3n) is 4.88. The van der Waals surface area contributed by atoms with Gasteiger partial charge in [0.1, 0.15) is 5.82 Å². The normalized spacial score (nSPS) is 15.5. The maximum absolute atomic E-state index is 13.3. The standard InChI is InChI=1S/C19H17F3N4O3S2/c20-12-1-3-13(4-2-12)31(28,29)26-7-5-25(6-8-26)18(27)11-30-19-23-16-9-14(21)15(22)10-17(16)24-19/h1-4,9-10H,5-8,11H2,(H,23,24). The number of rotatable bonds is 5. The summed E-state index contributed by atoms with van der Waals surface area (Å²) in [6, 6.07) is 6.58. The molecule has 1 amide bonds. The van der Waals surface area contributed by atoms with Crippen LogP contribution < -0.4 is 0 Å². The third-order valence-corrected chi connectivity index (χ3v) is 7.65. The van der Waals surface area contributed by atoms with E-state index >= 15 is 0 Å². The van der Waals surface area contributed by atoms with Crippen LogP contribution in [0.1, 0.15) is 0 Å². The molecular formula is C19H17F3N4O3S2. The fraction of sp³-hybridized carbons (Fsp3) is 0.263. The van der Waals surface area contributed by atoms with Crippen molar-refractivity contribution in [2.24, 2.45) is 0 Å². The Labute approximate surface area is 180 Å². The minimum atomic E-state index is -3.76. The number of hydrogen-bond donors (Lipinski definition) is 1. The number of sulfonamides is 1. The quantitative estimate of drug-likeness (QED) is 0.580. The van der Waals surface area contributed by atoms with Crippen LogP contribution in [0, 0.1) is 17.5 Å². The first kappa shape index (κ1) is 21.7. The highest BCUT2D eigenvalue weighted by atomic mass is 32.2. The van der Waals surface area contributed by atoms with E-state index < -0.39 is 27.5 Å². The number of imidazole rings is 1. The van der Waals surface area contributed by atoms with Crippen molar-refractivity contribution in [2.45, 2.75) is 10.1 Å². The van der Waals surface area contributed by atoms with E-state index in [1.54, 1.807) is 4.90 Å². The van der Waals surface area contributed by atoms with E-state index in [4.69, 9.17) is 0 Å². The Morgan fingerprint density at radius 1 is 1.03 bits per heavy atom. The van der Waals surface area contributed by atoms with Gasteiger partial charge >= 0.3 is 0 Å². The minimum Gasteiger partial charge on any atom is -0.339 e. The smallest absolute Gasteiger partial charge is 0.243 e. The molecule has 1 aliphatic heterocycles. The van der Waals surface area contributed by atoms with Crippen molar-refractivity contribution in [3.63, 3.8) is 0 Å². The molecular weight excluding hydrogens is 453 g/mol. The van der Waals surface area contributed by atoms with Gasteiger partial charge < -0.3 is 9.88 Å². The number of aromatic amines is 1. The number of benzene rings is 2. The van der Waals surface area contributed by atoms with E-state index in [0.29, 0.717) is 10.7 Å². The van der Waals surface area contributed by atoms with Crippen molar-refractivity contribution in [1.29, 1.82) is 0 Å². The van der Waals surface area contributed by atoms with Crippen molar-refractivity contribution in [3.8, 4) is 0 Å². The zero-order valence-corrected chi connectivity index (χ0v) is 17.6. The van der Waals surface area contributed by atoms with E-state index in [1.165, 1.54) is 16.4 Å². The zero-order valence-electron chi connectivity index (χ0n) is 16.0. The molecule has 0 aliphatic carbocycles. The second-order valence-corrected chi connectivity index (χ2v) is 9.75. The number of piperazine rings is 1. The lowest BCUT2D eigenvalue weighted by Gasteiger charge is -2.34. The molecule has 1 aliphatic rings. The predicted molar refractivity (Wildman–Crippen MR) is 108 cm³/mol. The molecule has 0 spiro atoms. The highest BCUT2D eigenvalue weighted by molar-refractivity contribution is 7.99. The van der Waals surface area contributed by atoms with Crippen LogP contribution in [0.4, 0.5) is 13.2 Å². The molecule has 1 saturated heterocycles. The van der Waals surface area contributed by atoms with Gasteiger partial charge in [0.05, 0.1) is 21.7 Å². The van der Waals surface area contributed by atoms with Gasteiger partial charge in [0.2, 0.25) is 15.9 Å².